The van der Waals surface area contributed by atoms with Crippen molar-refractivity contribution in [3.8, 4) is 0 Å². The van der Waals surface area contributed by atoms with E-state index in [-0.39, 0.29) is 0 Å². The van der Waals surface area contributed by atoms with Gasteiger partial charge in [-0.1, -0.05) is 18.1 Å². The maximum absolute atomic E-state index is 2.30. The van der Waals surface area contributed by atoms with E-state index >= 15 is 0 Å². The summed E-state index contributed by atoms with van der Waals surface area (Å²) in [4.78, 5) is 0. The van der Waals surface area contributed by atoms with Crippen LogP contribution in [0.1, 0.15) is 27.7 Å². The molecule has 73 valence electrons. The summed E-state index contributed by atoms with van der Waals surface area (Å²) >= 11 is 0. The Kier molecular flexibility index (Phi) is 2.55. The van der Waals surface area contributed by atoms with E-state index in [1.54, 1.807) is 0 Å². The molecule has 0 amide bonds. The van der Waals surface area contributed by atoms with Crippen LogP contribution in [0.2, 0.25) is 0 Å². The lowest BCUT2D eigenvalue weighted by Gasteiger charge is -2.18. The zero-order valence-corrected chi connectivity index (χ0v) is 9.39. The lowest BCUT2D eigenvalue weighted by molar-refractivity contribution is 0.805. The second-order valence-electron chi connectivity index (χ2n) is 4.24. The summed E-state index contributed by atoms with van der Waals surface area (Å²) in [7, 11) is 0. The van der Waals surface area contributed by atoms with Crippen LogP contribution in [0.5, 0.6) is 0 Å². The predicted octanol–water partition coefficient (Wildman–Crippen LogP) is 3.69. The van der Waals surface area contributed by atoms with E-state index < -0.39 is 0 Å². The van der Waals surface area contributed by atoms with Crippen molar-refractivity contribution >= 4 is 0 Å². The van der Waals surface area contributed by atoms with Gasteiger partial charge in [-0.05, 0) is 63.5 Å². The van der Waals surface area contributed by atoms with Crippen LogP contribution < -0.4 is 0 Å². The van der Waals surface area contributed by atoms with Gasteiger partial charge in [-0.15, -0.1) is 0 Å². The molecule has 0 spiro atoms. The minimum absolute atomic E-state index is 0.595. The zero-order valence-electron chi connectivity index (χ0n) is 9.39. The molecule has 0 nitrogen and oxygen atoms in total. The van der Waals surface area contributed by atoms with Crippen LogP contribution in [-0.4, -0.2) is 0 Å². The molecule has 0 aromatic heterocycles. The van der Waals surface area contributed by atoms with Crippen molar-refractivity contribution in [2.24, 2.45) is 5.92 Å². The van der Waals surface area contributed by atoms with Gasteiger partial charge in [-0.2, -0.15) is 0 Å². The average molecular weight is 185 g/mol. The van der Waals surface area contributed by atoms with E-state index in [9.17, 15) is 0 Å². The van der Waals surface area contributed by atoms with Crippen LogP contribution >= 0.6 is 0 Å². The third kappa shape index (κ3) is 1.36. The largest absolute Gasteiger partial charge is 0.0632 e. The Morgan fingerprint density at radius 2 is 1.50 bits per heavy atom. The van der Waals surface area contributed by atoms with Crippen LogP contribution in [0, 0.1) is 37.5 Å². The zero-order chi connectivity index (χ0) is 10.3. The van der Waals surface area contributed by atoms with Crippen molar-refractivity contribution in [2.75, 3.05) is 0 Å². The highest BCUT2D eigenvalue weighted by Gasteiger charge is 2.31. The lowest BCUT2D eigenvalue weighted by Crippen LogP contribution is -2.06. The van der Waals surface area contributed by atoms with Gasteiger partial charge in [0, 0.05) is 5.92 Å². The maximum Gasteiger partial charge on any atom is 0.00916 e. The Labute approximate surface area is 88.1 Å². The molecule has 0 saturated heterocycles. The molecular weight excluding hydrogens is 168 g/mol. The molecule has 0 aromatic rings. The fraction of sp³-hybridized carbons (Fsp3) is 0.357. The Morgan fingerprint density at radius 3 is 1.93 bits per heavy atom. The van der Waals surface area contributed by atoms with Gasteiger partial charge in [0.15, 0.2) is 0 Å². The predicted molar refractivity (Wildman–Crippen MR) is 60.7 cm³/mol. The topological polar surface area (TPSA) is 0 Å². The Balaban J connectivity index is 2.29. The molecule has 0 N–H and O–H groups in total. The molecule has 1 unspecified atom stereocenters. The highest BCUT2D eigenvalue weighted by Crippen LogP contribution is 2.45. The van der Waals surface area contributed by atoms with Crippen molar-refractivity contribution < 1.29 is 0 Å². The van der Waals surface area contributed by atoms with Gasteiger partial charge in [0.1, 0.15) is 0 Å². The molecule has 0 aliphatic heterocycles. The Bertz CT molecular complexity index is 298. The number of rotatable bonds is 1. The van der Waals surface area contributed by atoms with E-state index in [4.69, 9.17) is 0 Å². The highest BCUT2D eigenvalue weighted by atomic mass is 14.4. The van der Waals surface area contributed by atoms with Crippen molar-refractivity contribution in [2.45, 2.75) is 27.7 Å². The number of allylic oxidation sites excluding steroid dienone is 4. The Hall–Kier alpha value is -0.520. The smallest absolute Gasteiger partial charge is 0.00916 e. The summed E-state index contributed by atoms with van der Waals surface area (Å²) in [5.41, 5.74) is 6.00. The van der Waals surface area contributed by atoms with Gasteiger partial charge in [-0.3, -0.25) is 0 Å². The summed E-state index contributed by atoms with van der Waals surface area (Å²) < 4.78 is 0. The van der Waals surface area contributed by atoms with E-state index in [0.29, 0.717) is 5.92 Å². The number of hydrogen-bond donors (Lipinski definition) is 0. The first kappa shape index (κ1) is 10.0. The molecule has 2 aliphatic rings. The molecule has 0 heteroatoms. The van der Waals surface area contributed by atoms with Gasteiger partial charge in [-0.25, -0.2) is 0 Å². The van der Waals surface area contributed by atoms with E-state index in [1.165, 1.54) is 28.2 Å². The summed E-state index contributed by atoms with van der Waals surface area (Å²) in [6.45, 7) is 9.03. The molecule has 0 heterocycles. The van der Waals surface area contributed by atoms with Crippen molar-refractivity contribution in [3.63, 3.8) is 0 Å². The molecule has 1 saturated carbocycles. The van der Waals surface area contributed by atoms with Crippen LogP contribution in [0.25, 0.3) is 0 Å². The summed E-state index contributed by atoms with van der Waals surface area (Å²) in [6, 6.07) is 0. The van der Waals surface area contributed by atoms with Crippen molar-refractivity contribution in [1.29, 1.82) is 0 Å². The fourth-order valence-corrected chi connectivity index (χ4v) is 2.38. The fourth-order valence-electron chi connectivity index (χ4n) is 2.38. The van der Waals surface area contributed by atoms with Gasteiger partial charge in [0.05, 0.1) is 0 Å². The summed E-state index contributed by atoms with van der Waals surface area (Å²) in [5, 5.41) is 0. The minimum atomic E-state index is 0.595. The standard InChI is InChI=1S/C14H17/c1-9-10(2)12(4)14(11(9)3)13-7-5-6-8-13/h5-8,11H,1-4H3. The van der Waals surface area contributed by atoms with Gasteiger partial charge < -0.3 is 0 Å². The first-order valence-corrected chi connectivity index (χ1v) is 5.23. The summed E-state index contributed by atoms with van der Waals surface area (Å²) in [5.74, 6) is 1.99. The van der Waals surface area contributed by atoms with Crippen molar-refractivity contribution in [1.82, 2.24) is 0 Å². The monoisotopic (exact) mass is 185 g/mol. The van der Waals surface area contributed by atoms with Gasteiger partial charge in [0.25, 0.3) is 0 Å². The van der Waals surface area contributed by atoms with Crippen LogP contribution in [-0.2, 0) is 0 Å². The third-order valence-corrected chi connectivity index (χ3v) is 3.61. The normalized spacial score (nSPS) is 29.6. The molecule has 2 rings (SSSR count). The van der Waals surface area contributed by atoms with Gasteiger partial charge in [0.2, 0.25) is 0 Å². The van der Waals surface area contributed by atoms with Crippen LogP contribution in [0.3, 0.4) is 0 Å². The van der Waals surface area contributed by atoms with E-state index in [1.807, 2.05) is 0 Å². The lowest BCUT2D eigenvalue weighted by atomic mass is 9.86. The van der Waals surface area contributed by atoms with Crippen LogP contribution in [0.15, 0.2) is 22.3 Å². The average Bonchev–Trinajstić information content (AvgIpc) is 2.73. The molecule has 0 aromatic carbocycles. The first-order chi connectivity index (χ1) is 6.63. The minimum Gasteiger partial charge on any atom is -0.0632 e. The second-order valence-corrected chi connectivity index (χ2v) is 4.24. The number of hydrogen-bond acceptors (Lipinski definition) is 0. The summed E-state index contributed by atoms with van der Waals surface area (Å²) in [6.07, 6.45) is 8.65. The molecule has 0 bridgehead atoms. The first-order valence-electron chi connectivity index (χ1n) is 5.23. The maximum atomic E-state index is 2.30. The van der Waals surface area contributed by atoms with Gasteiger partial charge >= 0.3 is 0 Å². The van der Waals surface area contributed by atoms with E-state index in [0.717, 1.165) is 0 Å². The molecule has 5 radical (unpaired) electrons. The molecule has 1 fully saturated rings. The molecular formula is C14H17. The molecule has 14 heavy (non-hydrogen) atoms. The van der Waals surface area contributed by atoms with Crippen LogP contribution in [0.4, 0.5) is 0 Å². The third-order valence-electron chi connectivity index (χ3n) is 3.61. The highest BCUT2D eigenvalue weighted by molar-refractivity contribution is 5.59. The molecule has 2 aliphatic carbocycles. The van der Waals surface area contributed by atoms with Crippen molar-refractivity contribution in [3.05, 3.63) is 53.9 Å². The molecule has 1 atom stereocenters. The van der Waals surface area contributed by atoms with E-state index in [2.05, 4.69) is 53.4 Å². The quantitative estimate of drug-likeness (QED) is 0.584. The second kappa shape index (κ2) is 3.56. The Morgan fingerprint density at radius 1 is 0.929 bits per heavy atom. The SMILES string of the molecule is CC1=C(C)C(C)C([C]2[CH][CH][CH][CH]2)=C1C.